The lowest BCUT2D eigenvalue weighted by atomic mass is 10.1. The molecule has 0 aromatic heterocycles. The number of hydrogen-bond acceptors (Lipinski definition) is 3. The van der Waals surface area contributed by atoms with E-state index in [1.165, 1.54) is 5.56 Å². The zero-order valence-corrected chi connectivity index (χ0v) is 12.9. The fourth-order valence-electron chi connectivity index (χ4n) is 1.98. The van der Waals surface area contributed by atoms with Gasteiger partial charge in [0.1, 0.15) is 5.75 Å². The Kier molecular flexibility index (Phi) is 7.09. The van der Waals surface area contributed by atoms with Gasteiger partial charge in [-0.1, -0.05) is 32.0 Å². The minimum Gasteiger partial charge on any atom is -0.496 e. The van der Waals surface area contributed by atoms with Crippen LogP contribution in [0.4, 0.5) is 0 Å². The molecule has 0 saturated carbocycles. The van der Waals surface area contributed by atoms with Crippen molar-refractivity contribution in [3.05, 3.63) is 29.8 Å². The Labute approximate surface area is 121 Å². The van der Waals surface area contributed by atoms with Gasteiger partial charge < -0.3 is 15.4 Å². The van der Waals surface area contributed by atoms with E-state index in [1.54, 1.807) is 7.11 Å². The summed E-state index contributed by atoms with van der Waals surface area (Å²) in [7, 11) is 1.69. The summed E-state index contributed by atoms with van der Waals surface area (Å²) in [6.07, 6.45) is 0.905. The molecular formula is C16H26N2O2. The molecule has 1 unspecified atom stereocenters. The van der Waals surface area contributed by atoms with Crippen molar-refractivity contribution in [2.75, 3.05) is 20.2 Å². The van der Waals surface area contributed by atoms with E-state index in [0.29, 0.717) is 12.6 Å². The molecule has 0 radical (unpaired) electrons. The number of amides is 1. The number of rotatable bonds is 8. The first kappa shape index (κ1) is 16.5. The summed E-state index contributed by atoms with van der Waals surface area (Å²) in [6.45, 7) is 7.36. The third kappa shape index (κ3) is 5.61. The number of hydrogen-bond donors (Lipinski definition) is 2. The quantitative estimate of drug-likeness (QED) is 0.715. The molecule has 4 nitrogen and oxygen atoms in total. The van der Waals surface area contributed by atoms with Gasteiger partial charge in [-0.3, -0.25) is 4.79 Å². The maximum atomic E-state index is 11.4. The van der Waals surface area contributed by atoms with Gasteiger partial charge in [-0.15, -0.1) is 0 Å². The maximum absolute atomic E-state index is 11.4. The van der Waals surface area contributed by atoms with Crippen molar-refractivity contribution in [3.63, 3.8) is 0 Å². The second kappa shape index (κ2) is 8.59. The van der Waals surface area contributed by atoms with Crippen LogP contribution in [0.5, 0.6) is 5.75 Å². The normalized spacial score (nSPS) is 12.2. The van der Waals surface area contributed by atoms with Crippen molar-refractivity contribution in [1.29, 1.82) is 0 Å². The van der Waals surface area contributed by atoms with Crippen molar-refractivity contribution in [2.24, 2.45) is 5.92 Å². The minimum atomic E-state index is 0.0426. The van der Waals surface area contributed by atoms with Gasteiger partial charge in [-0.05, 0) is 25.0 Å². The van der Waals surface area contributed by atoms with E-state index in [4.69, 9.17) is 4.74 Å². The van der Waals surface area contributed by atoms with Crippen molar-refractivity contribution in [3.8, 4) is 5.75 Å². The average Bonchev–Trinajstić information content (AvgIpc) is 2.43. The highest BCUT2D eigenvalue weighted by molar-refractivity contribution is 5.77. The summed E-state index contributed by atoms with van der Waals surface area (Å²) >= 11 is 0. The van der Waals surface area contributed by atoms with Crippen LogP contribution in [-0.4, -0.2) is 32.1 Å². The molecule has 1 aromatic carbocycles. The first-order valence-corrected chi connectivity index (χ1v) is 7.17. The summed E-state index contributed by atoms with van der Waals surface area (Å²) in [4.78, 5) is 11.4. The van der Waals surface area contributed by atoms with Crippen LogP contribution in [0, 0.1) is 5.92 Å². The molecule has 0 bridgehead atoms. The van der Waals surface area contributed by atoms with Crippen LogP contribution in [-0.2, 0) is 11.2 Å². The molecule has 20 heavy (non-hydrogen) atoms. The van der Waals surface area contributed by atoms with Gasteiger partial charge in [0.25, 0.3) is 0 Å². The standard InChI is InChI=1S/C16H26N2O2/c1-12(2)16(19)18-10-9-17-13(3)11-14-7-5-6-8-15(14)20-4/h5-8,12-13,17H,9-11H2,1-4H3,(H,18,19). The number of carbonyl (C=O) groups is 1. The molecule has 1 atom stereocenters. The van der Waals surface area contributed by atoms with Gasteiger partial charge in [0, 0.05) is 25.0 Å². The Bertz CT molecular complexity index is 419. The molecule has 0 heterocycles. The lowest BCUT2D eigenvalue weighted by molar-refractivity contribution is -0.123. The lowest BCUT2D eigenvalue weighted by Gasteiger charge is -2.16. The maximum Gasteiger partial charge on any atom is 0.222 e. The molecule has 1 aromatic rings. The van der Waals surface area contributed by atoms with Gasteiger partial charge in [-0.2, -0.15) is 0 Å². The number of methoxy groups -OCH3 is 1. The molecule has 1 amide bonds. The smallest absolute Gasteiger partial charge is 0.222 e. The van der Waals surface area contributed by atoms with E-state index in [9.17, 15) is 4.79 Å². The average molecular weight is 278 g/mol. The van der Waals surface area contributed by atoms with E-state index in [2.05, 4.69) is 23.6 Å². The summed E-state index contributed by atoms with van der Waals surface area (Å²) in [5.41, 5.74) is 1.20. The van der Waals surface area contributed by atoms with Gasteiger partial charge in [-0.25, -0.2) is 0 Å². The summed E-state index contributed by atoms with van der Waals surface area (Å²) in [6, 6.07) is 8.39. The van der Waals surface area contributed by atoms with Crippen molar-refractivity contribution >= 4 is 5.91 Å². The molecule has 112 valence electrons. The molecule has 1 rings (SSSR count). The topological polar surface area (TPSA) is 50.4 Å². The molecule has 2 N–H and O–H groups in total. The third-order valence-electron chi connectivity index (χ3n) is 3.16. The number of nitrogens with one attached hydrogen (secondary N) is 2. The van der Waals surface area contributed by atoms with E-state index < -0.39 is 0 Å². The van der Waals surface area contributed by atoms with Gasteiger partial charge in [0.2, 0.25) is 5.91 Å². The summed E-state index contributed by atoms with van der Waals surface area (Å²) in [5.74, 6) is 1.07. The van der Waals surface area contributed by atoms with Crippen LogP contribution >= 0.6 is 0 Å². The Morgan fingerprint density at radius 1 is 1.20 bits per heavy atom. The fourth-order valence-corrected chi connectivity index (χ4v) is 1.98. The van der Waals surface area contributed by atoms with Gasteiger partial charge in [0.15, 0.2) is 0 Å². The van der Waals surface area contributed by atoms with Crippen LogP contribution in [0.15, 0.2) is 24.3 Å². The van der Waals surface area contributed by atoms with Crippen LogP contribution in [0.3, 0.4) is 0 Å². The molecule has 0 aliphatic carbocycles. The molecule has 0 aliphatic heterocycles. The molecule has 0 fully saturated rings. The van der Waals surface area contributed by atoms with E-state index in [1.807, 2.05) is 32.0 Å². The van der Waals surface area contributed by atoms with Crippen molar-refractivity contribution < 1.29 is 9.53 Å². The Morgan fingerprint density at radius 3 is 2.55 bits per heavy atom. The zero-order chi connectivity index (χ0) is 15.0. The highest BCUT2D eigenvalue weighted by atomic mass is 16.5. The lowest BCUT2D eigenvalue weighted by Crippen LogP contribution is -2.38. The van der Waals surface area contributed by atoms with Crippen molar-refractivity contribution in [1.82, 2.24) is 10.6 Å². The monoisotopic (exact) mass is 278 g/mol. The SMILES string of the molecule is COc1ccccc1CC(C)NCCNC(=O)C(C)C. The molecule has 0 spiro atoms. The Balaban J connectivity index is 2.30. The van der Waals surface area contributed by atoms with E-state index >= 15 is 0 Å². The van der Waals surface area contributed by atoms with Crippen LogP contribution in [0.25, 0.3) is 0 Å². The number of carbonyl (C=O) groups excluding carboxylic acids is 1. The van der Waals surface area contributed by atoms with Gasteiger partial charge >= 0.3 is 0 Å². The van der Waals surface area contributed by atoms with Crippen LogP contribution in [0.2, 0.25) is 0 Å². The predicted molar refractivity (Wildman–Crippen MR) is 82.0 cm³/mol. The van der Waals surface area contributed by atoms with E-state index in [-0.39, 0.29) is 11.8 Å². The Morgan fingerprint density at radius 2 is 1.90 bits per heavy atom. The first-order chi connectivity index (χ1) is 9.54. The second-order valence-corrected chi connectivity index (χ2v) is 5.32. The third-order valence-corrected chi connectivity index (χ3v) is 3.16. The minimum absolute atomic E-state index is 0.0426. The molecule has 0 aliphatic rings. The predicted octanol–water partition coefficient (Wildman–Crippen LogP) is 1.99. The van der Waals surface area contributed by atoms with Crippen molar-refractivity contribution in [2.45, 2.75) is 33.2 Å². The largest absolute Gasteiger partial charge is 0.496 e. The number of ether oxygens (including phenoxy) is 1. The van der Waals surface area contributed by atoms with Crippen LogP contribution < -0.4 is 15.4 Å². The number of benzene rings is 1. The zero-order valence-electron chi connectivity index (χ0n) is 12.9. The first-order valence-electron chi connectivity index (χ1n) is 7.17. The summed E-state index contributed by atoms with van der Waals surface area (Å²) in [5, 5.41) is 6.30. The van der Waals surface area contributed by atoms with Crippen LogP contribution in [0.1, 0.15) is 26.3 Å². The van der Waals surface area contributed by atoms with Gasteiger partial charge in [0.05, 0.1) is 7.11 Å². The molecule has 4 heteroatoms. The second-order valence-electron chi connectivity index (χ2n) is 5.32. The number of para-hydroxylation sites is 1. The Hall–Kier alpha value is -1.55. The molecular weight excluding hydrogens is 252 g/mol. The highest BCUT2D eigenvalue weighted by Crippen LogP contribution is 2.18. The summed E-state index contributed by atoms with van der Waals surface area (Å²) < 4.78 is 5.34. The molecule has 0 saturated heterocycles. The highest BCUT2D eigenvalue weighted by Gasteiger charge is 2.08. The van der Waals surface area contributed by atoms with E-state index in [0.717, 1.165) is 18.7 Å². The fraction of sp³-hybridized carbons (Fsp3) is 0.562.